The molecule has 2 N–H and O–H groups in total. The smallest absolute Gasteiger partial charge is 0.124 e. The predicted molar refractivity (Wildman–Crippen MR) is 68.2 cm³/mol. The Balaban J connectivity index is 2.25. The van der Waals surface area contributed by atoms with Crippen molar-refractivity contribution in [2.45, 2.75) is 32.2 Å². The first-order chi connectivity index (χ1) is 7.70. The molecule has 86 valence electrons. The Hall–Kier alpha value is -0.930. The molecule has 0 bridgehead atoms. The van der Waals surface area contributed by atoms with Crippen molar-refractivity contribution >= 4 is 21.4 Å². The molecule has 0 radical (unpaired) electrons. The molecule has 1 aromatic carbocycles. The molecule has 1 unspecified atom stereocenters. The average molecular weight is 237 g/mol. The lowest BCUT2D eigenvalue weighted by atomic mass is 10.1. The monoisotopic (exact) mass is 237 g/mol. The lowest BCUT2D eigenvalue weighted by Crippen LogP contribution is -2.07. The van der Waals surface area contributed by atoms with E-state index in [0.717, 1.165) is 34.2 Å². The number of nitrogens with two attached hydrogens (primary N) is 1. The quantitative estimate of drug-likeness (QED) is 0.846. The van der Waals surface area contributed by atoms with Crippen molar-refractivity contribution < 1.29 is 4.39 Å². The van der Waals surface area contributed by atoms with Gasteiger partial charge in [0.1, 0.15) is 5.82 Å². The van der Waals surface area contributed by atoms with Crippen LogP contribution in [0.3, 0.4) is 0 Å². The molecule has 1 nitrogen and oxygen atoms in total. The number of halogens is 1. The van der Waals surface area contributed by atoms with Crippen LogP contribution in [0.5, 0.6) is 0 Å². The summed E-state index contributed by atoms with van der Waals surface area (Å²) in [5, 5.41) is 1.09. The second kappa shape index (κ2) is 4.93. The van der Waals surface area contributed by atoms with Crippen LogP contribution in [0.15, 0.2) is 24.3 Å². The topological polar surface area (TPSA) is 26.0 Å². The molecular weight excluding hydrogens is 221 g/mol. The third-order valence-electron chi connectivity index (χ3n) is 2.74. The van der Waals surface area contributed by atoms with E-state index in [-0.39, 0.29) is 11.9 Å². The standard InChI is InChI=1S/C13H16FNS/c1-2-3-4-11(15)13-7-9-5-6-10(14)8-12(9)16-13/h5-8,11H,2-4,15H2,1H3. The summed E-state index contributed by atoms with van der Waals surface area (Å²) in [5.74, 6) is -0.178. The molecule has 1 aromatic heterocycles. The number of unbranched alkanes of at least 4 members (excludes halogenated alkanes) is 1. The van der Waals surface area contributed by atoms with Gasteiger partial charge in [-0.2, -0.15) is 0 Å². The van der Waals surface area contributed by atoms with Gasteiger partial charge in [0, 0.05) is 15.6 Å². The van der Waals surface area contributed by atoms with Crippen LogP contribution in [0, 0.1) is 5.82 Å². The number of hydrogen-bond acceptors (Lipinski definition) is 2. The Kier molecular flexibility index (Phi) is 3.56. The van der Waals surface area contributed by atoms with E-state index in [1.165, 1.54) is 6.07 Å². The number of rotatable bonds is 4. The number of benzene rings is 1. The summed E-state index contributed by atoms with van der Waals surface area (Å²) in [7, 11) is 0. The van der Waals surface area contributed by atoms with Crippen LogP contribution >= 0.6 is 11.3 Å². The lowest BCUT2D eigenvalue weighted by Gasteiger charge is -2.07. The van der Waals surface area contributed by atoms with E-state index in [1.807, 2.05) is 6.07 Å². The highest BCUT2D eigenvalue weighted by Crippen LogP contribution is 2.31. The van der Waals surface area contributed by atoms with Crippen molar-refractivity contribution in [3.63, 3.8) is 0 Å². The van der Waals surface area contributed by atoms with Crippen LogP contribution in [0.4, 0.5) is 4.39 Å². The fourth-order valence-electron chi connectivity index (χ4n) is 1.77. The largest absolute Gasteiger partial charge is 0.323 e. The summed E-state index contributed by atoms with van der Waals surface area (Å²) in [6, 6.07) is 7.07. The fourth-order valence-corrected chi connectivity index (χ4v) is 2.90. The highest BCUT2D eigenvalue weighted by Gasteiger charge is 2.09. The molecular formula is C13H16FNS. The highest BCUT2D eigenvalue weighted by molar-refractivity contribution is 7.19. The zero-order valence-corrected chi connectivity index (χ0v) is 10.2. The van der Waals surface area contributed by atoms with Gasteiger partial charge in [-0.3, -0.25) is 0 Å². The Bertz CT molecular complexity index is 478. The molecule has 0 aliphatic carbocycles. The maximum atomic E-state index is 13.0. The van der Waals surface area contributed by atoms with Crippen molar-refractivity contribution in [1.29, 1.82) is 0 Å². The van der Waals surface area contributed by atoms with Crippen LogP contribution in [-0.4, -0.2) is 0 Å². The molecule has 0 aliphatic rings. The Morgan fingerprint density at radius 1 is 1.38 bits per heavy atom. The molecule has 2 aromatic rings. The van der Waals surface area contributed by atoms with E-state index in [1.54, 1.807) is 17.4 Å². The zero-order valence-electron chi connectivity index (χ0n) is 9.37. The molecule has 2 rings (SSSR count). The second-order valence-corrected chi connectivity index (χ2v) is 5.19. The van der Waals surface area contributed by atoms with Gasteiger partial charge in [0.2, 0.25) is 0 Å². The van der Waals surface area contributed by atoms with Crippen LogP contribution < -0.4 is 5.73 Å². The third-order valence-corrected chi connectivity index (χ3v) is 3.97. The minimum Gasteiger partial charge on any atom is -0.323 e. The first-order valence-corrected chi connectivity index (χ1v) is 6.47. The van der Waals surface area contributed by atoms with Crippen LogP contribution in [-0.2, 0) is 0 Å². The van der Waals surface area contributed by atoms with Crippen molar-refractivity contribution in [3.05, 3.63) is 35.0 Å². The van der Waals surface area contributed by atoms with E-state index in [9.17, 15) is 4.39 Å². The predicted octanol–water partition coefficient (Wildman–Crippen LogP) is 4.23. The first kappa shape index (κ1) is 11.6. The Morgan fingerprint density at radius 3 is 2.94 bits per heavy atom. The highest BCUT2D eigenvalue weighted by atomic mass is 32.1. The van der Waals surface area contributed by atoms with E-state index < -0.39 is 0 Å². The maximum absolute atomic E-state index is 13.0. The van der Waals surface area contributed by atoms with Gasteiger partial charge in [-0.05, 0) is 30.0 Å². The van der Waals surface area contributed by atoms with E-state index in [2.05, 4.69) is 13.0 Å². The van der Waals surface area contributed by atoms with E-state index in [0.29, 0.717) is 0 Å². The van der Waals surface area contributed by atoms with Gasteiger partial charge in [-0.1, -0.05) is 25.8 Å². The van der Waals surface area contributed by atoms with Crippen LogP contribution in [0.25, 0.3) is 10.1 Å². The fraction of sp³-hybridized carbons (Fsp3) is 0.385. The minimum absolute atomic E-state index is 0.0976. The van der Waals surface area contributed by atoms with Crippen molar-refractivity contribution in [3.8, 4) is 0 Å². The molecule has 0 amide bonds. The molecule has 0 spiro atoms. The van der Waals surface area contributed by atoms with Crippen molar-refractivity contribution in [2.75, 3.05) is 0 Å². The lowest BCUT2D eigenvalue weighted by molar-refractivity contribution is 0.611. The molecule has 0 aliphatic heterocycles. The van der Waals surface area contributed by atoms with Crippen LogP contribution in [0.2, 0.25) is 0 Å². The molecule has 0 saturated carbocycles. The summed E-state index contributed by atoms with van der Waals surface area (Å²) in [6.07, 6.45) is 3.31. The number of hydrogen-bond donors (Lipinski definition) is 1. The zero-order chi connectivity index (χ0) is 11.5. The molecule has 16 heavy (non-hydrogen) atoms. The molecule has 0 fully saturated rings. The van der Waals surface area contributed by atoms with Gasteiger partial charge in [0.25, 0.3) is 0 Å². The van der Waals surface area contributed by atoms with Gasteiger partial charge < -0.3 is 5.73 Å². The van der Waals surface area contributed by atoms with Crippen molar-refractivity contribution in [2.24, 2.45) is 5.73 Å². The first-order valence-electron chi connectivity index (χ1n) is 5.65. The number of thiophene rings is 1. The van der Waals surface area contributed by atoms with Crippen LogP contribution in [0.1, 0.15) is 37.1 Å². The summed E-state index contributed by atoms with van der Waals surface area (Å²) in [4.78, 5) is 1.16. The third kappa shape index (κ3) is 2.42. The average Bonchev–Trinajstić information content (AvgIpc) is 2.68. The van der Waals surface area contributed by atoms with Gasteiger partial charge in [-0.25, -0.2) is 4.39 Å². The summed E-state index contributed by atoms with van der Waals surface area (Å²) < 4.78 is 14.0. The summed E-state index contributed by atoms with van der Waals surface area (Å²) in [6.45, 7) is 2.16. The van der Waals surface area contributed by atoms with Gasteiger partial charge >= 0.3 is 0 Å². The van der Waals surface area contributed by atoms with Crippen molar-refractivity contribution in [1.82, 2.24) is 0 Å². The van der Waals surface area contributed by atoms with Gasteiger partial charge in [0.15, 0.2) is 0 Å². The molecule has 3 heteroatoms. The number of fused-ring (bicyclic) bond motifs is 1. The molecule has 1 atom stereocenters. The maximum Gasteiger partial charge on any atom is 0.124 e. The molecule has 1 heterocycles. The normalized spacial score (nSPS) is 13.2. The summed E-state index contributed by atoms with van der Waals surface area (Å²) in [5.41, 5.74) is 6.10. The van der Waals surface area contributed by atoms with Gasteiger partial charge in [0.05, 0.1) is 0 Å². The summed E-state index contributed by atoms with van der Waals surface area (Å²) >= 11 is 1.60. The SMILES string of the molecule is CCCCC(N)c1cc2ccc(F)cc2s1. The molecule has 0 saturated heterocycles. The van der Waals surface area contributed by atoms with Gasteiger partial charge in [-0.15, -0.1) is 11.3 Å². The Labute approximate surface area is 99.1 Å². The second-order valence-electron chi connectivity index (χ2n) is 4.08. The van der Waals surface area contributed by atoms with E-state index in [4.69, 9.17) is 5.73 Å². The minimum atomic E-state index is -0.178. The van der Waals surface area contributed by atoms with E-state index >= 15 is 0 Å². The Morgan fingerprint density at radius 2 is 2.19 bits per heavy atom.